The summed E-state index contributed by atoms with van der Waals surface area (Å²) >= 11 is 0. The first kappa shape index (κ1) is 12.6. The molecule has 0 bridgehead atoms. The first-order chi connectivity index (χ1) is 7.61. The summed E-state index contributed by atoms with van der Waals surface area (Å²) in [7, 11) is 0. The molecule has 6 heteroatoms. The smallest absolute Gasteiger partial charge is 0.227 e. The van der Waals surface area contributed by atoms with Gasteiger partial charge >= 0.3 is 0 Å². The number of amides is 1. The molecule has 0 aliphatic carbocycles. The highest BCUT2D eigenvalue weighted by molar-refractivity contribution is 5.75. The van der Waals surface area contributed by atoms with Gasteiger partial charge in [0, 0.05) is 26.0 Å². The fraction of sp³-hybridized carbons (Fsp3) is 0.700. The highest BCUT2D eigenvalue weighted by Crippen LogP contribution is 2.00. The second-order valence-corrected chi connectivity index (χ2v) is 3.83. The summed E-state index contributed by atoms with van der Waals surface area (Å²) in [6.45, 7) is 4.15. The van der Waals surface area contributed by atoms with Crippen LogP contribution in [0.1, 0.15) is 25.1 Å². The van der Waals surface area contributed by atoms with Crippen LogP contribution in [0.2, 0.25) is 0 Å². The van der Waals surface area contributed by atoms with Crippen molar-refractivity contribution in [1.29, 1.82) is 0 Å². The molecule has 0 aliphatic rings. The lowest BCUT2D eigenvalue weighted by molar-refractivity contribution is -0.121. The lowest BCUT2D eigenvalue weighted by Gasteiger charge is -2.08. The molecule has 1 unspecified atom stereocenters. The summed E-state index contributed by atoms with van der Waals surface area (Å²) in [5.41, 5.74) is 0. The third-order valence-electron chi connectivity index (χ3n) is 2.09. The molecule has 0 saturated heterocycles. The minimum Gasteiger partial charge on any atom is -0.396 e. The monoisotopic (exact) mass is 227 g/mol. The highest BCUT2D eigenvalue weighted by Gasteiger charge is 2.08. The van der Waals surface area contributed by atoms with Crippen molar-refractivity contribution in [3.05, 3.63) is 11.7 Å². The Labute approximate surface area is 94.0 Å². The number of aliphatic hydroxyl groups is 1. The van der Waals surface area contributed by atoms with Gasteiger partial charge in [0.1, 0.15) is 0 Å². The number of aryl methyl sites for hydroxylation is 2. The fourth-order valence-corrected chi connectivity index (χ4v) is 1.10. The number of nitrogens with one attached hydrogen (secondary N) is 1. The van der Waals surface area contributed by atoms with Crippen LogP contribution >= 0.6 is 0 Å². The third kappa shape index (κ3) is 4.39. The van der Waals surface area contributed by atoms with Crippen LogP contribution < -0.4 is 5.32 Å². The predicted octanol–water partition coefficient (Wildman–Crippen LogP) is 0.0552. The van der Waals surface area contributed by atoms with Gasteiger partial charge < -0.3 is 14.9 Å². The van der Waals surface area contributed by atoms with Crippen molar-refractivity contribution in [2.75, 3.05) is 13.2 Å². The summed E-state index contributed by atoms with van der Waals surface area (Å²) in [6.07, 6.45) is 0.764. The third-order valence-corrected chi connectivity index (χ3v) is 2.09. The van der Waals surface area contributed by atoms with Gasteiger partial charge in [0.05, 0.1) is 0 Å². The van der Waals surface area contributed by atoms with E-state index in [1.807, 2.05) is 6.92 Å². The summed E-state index contributed by atoms with van der Waals surface area (Å²) in [6, 6.07) is 0. The Kier molecular flexibility index (Phi) is 4.91. The van der Waals surface area contributed by atoms with Crippen LogP contribution in [0.4, 0.5) is 0 Å². The lowest BCUT2D eigenvalue weighted by atomic mass is 10.2. The van der Waals surface area contributed by atoms with E-state index in [1.54, 1.807) is 6.92 Å². The Hall–Kier alpha value is -1.43. The largest absolute Gasteiger partial charge is 0.396 e. The van der Waals surface area contributed by atoms with Crippen molar-refractivity contribution in [3.63, 3.8) is 0 Å². The molecule has 1 heterocycles. The van der Waals surface area contributed by atoms with Crippen molar-refractivity contribution in [1.82, 2.24) is 15.5 Å². The number of hydrogen-bond donors (Lipinski definition) is 2. The van der Waals surface area contributed by atoms with Crippen LogP contribution in [0.3, 0.4) is 0 Å². The minimum atomic E-state index is -0.0730. The molecule has 0 spiro atoms. The first-order valence-electron chi connectivity index (χ1n) is 5.28. The average molecular weight is 227 g/mol. The standard InChI is InChI=1S/C10H17N3O3/c1-7(6-14)5-11-9(15)3-4-10-12-8(2)13-16-10/h7,14H,3-6H2,1-2H3,(H,11,15). The summed E-state index contributed by atoms with van der Waals surface area (Å²) in [5.74, 6) is 1.05. The SMILES string of the molecule is Cc1noc(CCC(=O)NCC(C)CO)n1. The van der Waals surface area contributed by atoms with Gasteiger partial charge in [-0.3, -0.25) is 4.79 Å². The second kappa shape index (κ2) is 6.22. The molecule has 1 atom stereocenters. The van der Waals surface area contributed by atoms with Gasteiger partial charge in [0.15, 0.2) is 5.82 Å². The van der Waals surface area contributed by atoms with E-state index in [0.717, 1.165) is 0 Å². The maximum atomic E-state index is 11.4. The molecule has 0 radical (unpaired) electrons. The number of rotatable bonds is 6. The van der Waals surface area contributed by atoms with Crippen LogP contribution in [0, 0.1) is 12.8 Å². The van der Waals surface area contributed by atoms with Crippen LogP contribution in [-0.4, -0.2) is 34.3 Å². The molecule has 0 saturated carbocycles. The topological polar surface area (TPSA) is 88.2 Å². The van der Waals surface area contributed by atoms with Crippen molar-refractivity contribution >= 4 is 5.91 Å². The van der Waals surface area contributed by atoms with Crippen molar-refractivity contribution in [2.24, 2.45) is 5.92 Å². The second-order valence-electron chi connectivity index (χ2n) is 3.83. The molecule has 90 valence electrons. The first-order valence-corrected chi connectivity index (χ1v) is 5.28. The zero-order valence-corrected chi connectivity index (χ0v) is 9.56. The number of carbonyl (C=O) groups excluding carboxylic acids is 1. The Balaban J connectivity index is 2.20. The van der Waals surface area contributed by atoms with Gasteiger partial charge in [0.25, 0.3) is 0 Å². The molecule has 0 aliphatic heterocycles. The van der Waals surface area contributed by atoms with Crippen LogP contribution in [0.5, 0.6) is 0 Å². The normalized spacial score (nSPS) is 12.4. The van der Waals surface area contributed by atoms with E-state index < -0.39 is 0 Å². The molecule has 1 amide bonds. The lowest BCUT2D eigenvalue weighted by Crippen LogP contribution is -2.29. The maximum absolute atomic E-state index is 11.4. The number of aromatic nitrogens is 2. The molecule has 1 aromatic heterocycles. The van der Waals surface area contributed by atoms with Crippen molar-refractivity contribution in [3.8, 4) is 0 Å². The maximum Gasteiger partial charge on any atom is 0.227 e. The highest BCUT2D eigenvalue weighted by atomic mass is 16.5. The van der Waals surface area contributed by atoms with Crippen molar-refractivity contribution in [2.45, 2.75) is 26.7 Å². The molecule has 1 rings (SSSR count). The number of carbonyl (C=O) groups is 1. The number of hydrogen-bond acceptors (Lipinski definition) is 5. The summed E-state index contributed by atoms with van der Waals surface area (Å²) in [4.78, 5) is 15.4. The number of aliphatic hydroxyl groups excluding tert-OH is 1. The van der Waals surface area contributed by atoms with Crippen LogP contribution in [0.15, 0.2) is 4.52 Å². The van der Waals surface area contributed by atoms with E-state index >= 15 is 0 Å². The van der Waals surface area contributed by atoms with E-state index in [0.29, 0.717) is 31.1 Å². The molecule has 6 nitrogen and oxygen atoms in total. The van der Waals surface area contributed by atoms with Crippen LogP contribution in [0.25, 0.3) is 0 Å². The summed E-state index contributed by atoms with van der Waals surface area (Å²) < 4.78 is 4.88. The molecular weight excluding hydrogens is 210 g/mol. The molecule has 1 aromatic rings. The van der Waals surface area contributed by atoms with E-state index in [-0.39, 0.29) is 18.4 Å². The fourth-order valence-electron chi connectivity index (χ4n) is 1.10. The Morgan fingerprint density at radius 3 is 2.94 bits per heavy atom. The molecule has 0 fully saturated rings. The molecule has 16 heavy (non-hydrogen) atoms. The molecule has 0 aromatic carbocycles. The minimum absolute atomic E-state index is 0.0726. The predicted molar refractivity (Wildman–Crippen MR) is 56.6 cm³/mol. The zero-order chi connectivity index (χ0) is 12.0. The molecule has 2 N–H and O–H groups in total. The van der Waals surface area contributed by atoms with E-state index in [4.69, 9.17) is 9.63 Å². The number of nitrogens with zero attached hydrogens (tertiary/aromatic N) is 2. The zero-order valence-electron chi connectivity index (χ0n) is 9.56. The van der Waals surface area contributed by atoms with E-state index in [2.05, 4.69) is 15.5 Å². The van der Waals surface area contributed by atoms with Crippen LogP contribution in [-0.2, 0) is 11.2 Å². The van der Waals surface area contributed by atoms with Crippen molar-refractivity contribution < 1.29 is 14.4 Å². The quantitative estimate of drug-likeness (QED) is 0.717. The summed E-state index contributed by atoms with van der Waals surface area (Å²) in [5, 5.41) is 15.1. The van der Waals surface area contributed by atoms with Gasteiger partial charge in [-0.05, 0) is 12.8 Å². The van der Waals surface area contributed by atoms with Gasteiger partial charge in [-0.25, -0.2) is 0 Å². The Morgan fingerprint density at radius 1 is 1.62 bits per heavy atom. The molecular formula is C10H17N3O3. The van der Waals surface area contributed by atoms with Gasteiger partial charge in [-0.15, -0.1) is 0 Å². The van der Waals surface area contributed by atoms with E-state index in [9.17, 15) is 4.79 Å². The van der Waals surface area contributed by atoms with Gasteiger partial charge in [0.2, 0.25) is 11.8 Å². The Morgan fingerprint density at radius 2 is 2.38 bits per heavy atom. The van der Waals surface area contributed by atoms with E-state index in [1.165, 1.54) is 0 Å². The Bertz CT molecular complexity index is 338. The average Bonchev–Trinajstić information content (AvgIpc) is 2.69. The van der Waals surface area contributed by atoms with Gasteiger partial charge in [-0.1, -0.05) is 12.1 Å². The van der Waals surface area contributed by atoms with Gasteiger partial charge in [-0.2, -0.15) is 4.98 Å².